The molecule has 0 spiro atoms. The van der Waals surface area contributed by atoms with Gasteiger partial charge in [0.1, 0.15) is 12.3 Å². The van der Waals surface area contributed by atoms with Gasteiger partial charge in [0, 0.05) is 18.2 Å². The standard InChI is InChI=1S/C23H25N3O3/c1-16-4-7-19(14-17(16)2)21-10-11-23(28)26(25-21)15-22(27)24-13-12-18-5-8-20(29-3)9-6-18/h4-11,14H,12-13,15H2,1-3H3,(H,24,27). The Morgan fingerprint density at radius 1 is 1.03 bits per heavy atom. The molecule has 0 unspecified atom stereocenters. The summed E-state index contributed by atoms with van der Waals surface area (Å²) in [6.07, 6.45) is 0.695. The van der Waals surface area contributed by atoms with Crippen molar-refractivity contribution in [3.05, 3.63) is 81.6 Å². The third-order valence-electron chi connectivity index (χ3n) is 4.86. The fourth-order valence-corrected chi connectivity index (χ4v) is 2.95. The summed E-state index contributed by atoms with van der Waals surface area (Å²) in [4.78, 5) is 24.4. The summed E-state index contributed by atoms with van der Waals surface area (Å²) >= 11 is 0. The van der Waals surface area contributed by atoms with Crippen LogP contribution in [0.4, 0.5) is 0 Å². The first-order valence-corrected chi connectivity index (χ1v) is 9.51. The van der Waals surface area contributed by atoms with E-state index in [1.54, 1.807) is 13.2 Å². The number of nitrogens with one attached hydrogen (secondary N) is 1. The van der Waals surface area contributed by atoms with Crippen LogP contribution >= 0.6 is 0 Å². The van der Waals surface area contributed by atoms with E-state index >= 15 is 0 Å². The van der Waals surface area contributed by atoms with E-state index in [4.69, 9.17) is 4.74 Å². The third-order valence-corrected chi connectivity index (χ3v) is 4.86. The van der Waals surface area contributed by atoms with Crippen molar-refractivity contribution in [3.63, 3.8) is 0 Å². The third kappa shape index (κ3) is 5.31. The first-order chi connectivity index (χ1) is 14.0. The van der Waals surface area contributed by atoms with E-state index in [1.165, 1.54) is 16.3 Å². The predicted octanol–water partition coefficient (Wildman–Crippen LogP) is 2.89. The molecule has 1 amide bonds. The largest absolute Gasteiger partial charge is 0.497 e. The van der Waals surface area contributed by atoms with Gasteiger partial charge in [0.05, 0.1) is 12.8 Å². The Labute approximate surface area is 170 Å². The van der Waals surface area contributed by atoms with Crippen molar-refractivity contribution >= 4 is 5.91 Å². The minimum absolute atomic E-state index is 0.111. The average molecular weight is 391 g/mol. The molecule has 0 aliphatic rings. The van der Waals surface area contributed by atoms with Gasteiger partial charge < -0.3 is 10.1 Å². The van der Waals surface area contributed by atoms with Crippen molar-refractivity contribution in [2.24, 2.45) is 0 Å². The van der Waals surface area contributed by atoms with E-state index in [2.05, 4.69) is 10.4 Å². The van der Waals surface area contributed by atoms with Crippen LogP contribution in [0.3, 0.4) is 0 Å². The first-order valence-electron chi connectivity index (χ1n) is 9.51. The van der Waals surface area contributed by atoms with Crippen molar-refractivity contribution < 1.29 is 9.53 Å². The number of ether oxygens (including phenoxy) is 1. The molecule has 0 saturated carbocycles. The maximum Gasteiger partial charge on any atom is 0.267 e. The van der Waals surface area contributed by atoms with Crippen LogP contribution in [0.15, 0.2) is 59.4 Å². The van der Waals surface area contributed by atoms with Gasteiger partial charge in [-0.05, 0) is 61.2 Å². The number of hydrogen-bond donors (Lipinski definition) is 1. The van der Waals surface area contributed by atoms with E-state index in [0.717, 1.165) is 22.4 Å². The zero-order valence-electron chi connectivity index (χ0n) is 16.9. The maximum atomic E-state index is 12.3. The quantitative estimate of drug-likeness (QED) is 0.672. The zero-order chi connectivity index (χ0) is 20.8. The van der Waals surface area contributed by atoms with Crippen LogP contribution in [0.1, 0.15) is 16.7 Å². The molecule has 150 valence electrons. The molecule has 0 bridgehead atoms. The molecule has 0 saturated heterocycles. The molecule has 0 aliphatic carbocycles. The van der Waals surface area contributed by atoms with E-state index in [9.17, 15) is 9.59 Å². The first kappa shape index (κ1) is 20.3. The van der Waals surface area contributed by atoms with Gasteiger partial charge >= 0.3 is 0 Å². The monoisotopic (exact) mass is 391 g/mol. The van der Waals surface area contributed by atoms with E-state index in [0.29, 0.717) is 18.7 Å². The Hall–Kier alpha value is -3.41. The molecule has 1 N–H and O–H groups in total. The number of aryl methyl sites for hydroxylation is 2. The SMILES string of the molecule is COc1ccc(CCNC(=O)Cn2nc(-c3ccc(C)c(C)c3)ccc2=O)cc1. The number of nitrogens with zero attached hydrogens (tertiary/aromatic N) is 2. The molecular formula is C23H25N3O3. The molecule has 0 fully saturated rings. The topological polar surface area (TPSA) is 73.2 Å². The van der Waals surface area contributed by atoms with Gasteiger partial charge in [-0.3, -0.25) is 9.59 Å². The van der Waals surface area contributed by atoms with Gasteiger partial charge in [0.2, 0.25) is 5.91 Å². The summed E-state index contributed by atoms with van der Waals surface area (Å²) in [5, 5.41) is 7.21. The highest BCUT2D eigenvalue weighted by Crippen LogP contribution is 2.19. The molecule has 0 aliphatic heterocycles. The minimum atomic E-state index is -0.303. The van der Waals surface area contributed by atoms with E-state index in [-0.39, 0.29) is 18.0 Å². The summed E-state index contributed by atoms with van der Waals surface area (Å²) in [7, 11) is 1.63. The second kappa shape index (κ2) is 9.19. The number of hydrogen-bond acceptors (Lipinski definition) is 4. The molecule has 0 atom stereocenters. The molecule has 29 heavy (non-hydrogen) atoms. The fraction of sp³-hybridized carbons (Fsp3) is 0.261. The highest BCUT2D eigenvalue weighted by molar-refractivity contribution is 5.75. The maximum absolute atomic E-state index is 12.3. The molecule has 6 heteroatoms. The summed E-state index contributed by atoms with van der Waals surface area (Å²) in [5.41, 5.74) is 4.72. The Morgan fingerprint density at radius 3 is 2.48 bits per heavy atom. The minimum Gasteiger partial charge on any atom is -0.497 e. The molecule has 2 aromatic carbocycles. The lowest BCUT2D eigenvalue weighted by molar-refractivity contribution is -0.121. The van der Waals surface area contributed by atoms with Crippen LogP contribution in [0.25, 0.3) is 11.3 Å². The molecule has 3 aromatic rings. The van der Waals surface area contributed by atoms with E-state index < -0.39 is 0 Å². The average Bonchev–Trinajstić information content (AvgIpc) is 2.72. The van der Waals surface area contributed by atoms with Gasteiger partial charge in [-0.25, -0.2) is 4.68 Å². The number of methoxy groups -OCH3 is 1. The van der Waals surface area contributed by atoms with Crippen LogP contribution in [0.5, 0.6) is 5.75 Å². The van der Waals surface area contributed by atoms with Crippen molar-refractivity contribution in [3.8, 4) is 17.0 Å². The van der Waals surface area contributed by atoms with Crippen LogP contribution in [-0.2, 0) is 17.8 Å². The van der Waals surface area contributed by atoms with Gasteiger partial charge in [0.25, 0.3) is 5.56 Å². The van der Waals surface area contributed by atoms with Crippen molar-refractivity contribution in [2.75, 3.05) is 13.7 Å². The molecule has 0 radical (unpaired) electrons. The van der Waals surface area contributed by atoms with Crippen LogP contribution < -0.4 is 15.6 Å². The number of carbonyl (C=O) groups is 1. The highest BCUT2D eigenvalue weighted by Gasteiger charge is 2.08. The van der Waals surface area contributed by atoms with Gasteiger partial charge in [0.15, 0.2) is 0 Å². The fourth-order valence-electron chi connectivity index (χ4n) is 2.95. The van der Waals surface area contributed by atoms with Crippen molar-refractivity contribution in [1.29, 1.82) is 0 Å². The second-order valence-corrected chi connectivity index (χ2v) is 6.96. The second-order valence-electron chi connectivity index (χ2n) is 6.96. The lowest BCUT2D eigenvalue weighted by atomic mass is 10.0. The number of carbonyl (C=O) groups excluding carboxylic acids is 1. The molecular weight excluding hydrogens is 366 g/mol. The lowest BCUT2D eigenvalue weighted by Crippen LogP contribution is -2.34. The zero-order valence-corrected chi connectivity index (χ0v) is 16.9. The molecule has 3 rings (SSSR count). The lowest BCUT2D eigenvalue weighted by Gasteiger charge is -2.09. The number of rotatable bonds is 7. The van der Waals surface area contributed by atoms with Crippen molar-refractivity contribution in [1.82, 2.24) is 15.1 Å². The number of benzene rings is 2. The van der Waals surface area contributed by atoms with Gasteiger partial charge in [-0.1, -0.05) is 24.3 Å². The molecule has 1 heterocycles. The van der Waals surface area contributed by atoms with E-state index in [1.807, 2.05) is 56.3 Å². The van der Waals surface area contributed by atoms with Crippen LogP contribution in [-0.4, -0.2) is 29.3 Å². The Bertz CT molecular complexity index is 1060. The summed E-state index contributed by atoms with van der Waals surface area (Å²) in [6, 6.07) is 16.8. The predicted molar refractivity (Wildman–Crippen MR) is 113 cm³/mol. The van der Waals surface area contributed by atoms with Crippen LogP contribution in [0.2, 0.25) is 0 Å². The Morgan fingerprint density at radius 2 is 1.79 bits per heavy atom. The smallest absolute Gasteiger partial charge is 0.267 e. The Kier molecular flexibility index (Phi) is 6.44. The van der Waals surface area contributed by atoms with Gasteiger partial charge in [-0.15, -0.1) is 0 Å². The molecule has 1 aromatic heterocycles. The number of amides is 1. The highest BCUT2D eigenvalue weighted by atomic mass is 16.5. The van der Waals surface area contributed by atoms with Crippen molar-refractivity contribution in [2.45, 2.75) is 26.8 Å². The Balaban J connectivity index is 1.62. The summed E-state index contributed by atoms with van der Waals surface area (Å²) < 4.78 is 6.34. The number of aromatic nitrogens is 2. The summed E-state index contributed by atoms with van der Waals surface area (Å²) in [6.45, 7) is 4.45. The van der Waals surface area contributed by atoms with Crippen LogP contribution in [0, 0.1) is 13.8 Å². The normalized spacial score (nSPS) is 10.6. The molecule has 6 nitrogen and oxygen atoms in total. The summed E-state index contributed by atoms with van der Waals surface area (Å²) in [5.74, 6) is 0.553. The van der Waals surface area contributed by atoms with Gasteiger partial charge in [-0.2, -0.15) is 5.10 Å².